The number of alkyl halides is 4. The van der Waals surface area contributed by atoms with Gasteiger partial charge in [-0.3, -0.25) is 0 Å². The minimum absolute atomic E-state index is 0.282. The summed E-state index contributed by atoms with van der Waals surface area (Å²) in [5.74, 6) is -4.44. The fraction of sp³-hybridized carbons (Fsp3) is 0.867. The molecule has 0 aromatic carbocycles. The third kappa shape index (κ3) is 0.928. The Labute approximate surface area is 119 Å². The first-order valence-corrected chi connectivity index (χ1v) is 7.53. The van der Waals surface area contributed by atoms with Crippen molar-refractivity contribution in [1.29, 1.82) is 0 Å². The maximum absolute atomic E-state index is 15.2. The quantitative estimate of drug-likeness (QED) is 0.657. The van der Waals surface area contributed by atoms with Crippen LogP contribution >= 0.6 is 0 Å². The number of hydrogen-bond donors (Lipinski definition) is 0. The van der Waals surface area contributed by atoms with E-state index in [9.17, 15) is 13.2 Å². The van der Waals surface area contributed by atoms with E-state index in [1.807, 2.05) is 0 Å². The predicted molar refractivity (Wildman–Crippen MR) is 65.2 cm³/mol. The minimum atomic E-state index is -3.50. The Morgan fingerprint density at radius 1 is 0.857 bits per heavy atom. The van der Waals surface area contributed by atoms with Crippen LogP contribution in [0.2, 0.25) is 0 Å². The number of fused-ring (bicyclic) bond motifs is 7. The Morgan fingerprint density at radius 3 is 1.81 bits per heavy atom. The van der Waals surface area contributed by atoms with Crippen molar-refractivity contribution >= 4 is 0 Å². The molecule has 0 unspecified atom stereocenters. The lowest BCUT2D eigenvalue weighted by Crippen LogP contribution is -3.03. The molecular formula is C15H17F5O. The molecule has 0 heterocycles. The van der Waals surface area contributed by atoms with Crippen molar-refractivity contribution in [2.45, 2.75) is 61.2 Å². The molecule has 0 aliphatic heterocycles. The molecule has 21 heavy (non-hydrogen) atoms. The number of hydrogen-bond acceptors (Lipinski definition) is 1. The van der Waals surface area contributed by atoms with Crippen LogP contribution in [0.25, 0.3) is 0 Å². The molecule has 4 aliphatic carbocycles. The van der Waals surface area contributed by atoms with Gasteiger partial charge in [0.1, 0.15) is 0 Å². The number of ether oxygens (including phenoxy) is 1. The molecule has 0 radical (unpaired) electrons. The second-order valence-corrected chi connectivity index (χ2v) is 6.79. The molecular weight excluding hydrogens is 291 g/mol. The highest BCUT2D eigenvalue weighted by Crippen LogP contribution is 2.88. The van der Waals surface area contributed by atoms with E-state index >= 15 is 8.78 Å². The molecule has 3 fully saturated rings. The fourth-order valence-electron chi connectivity index (χ4n) is 5.44. The van der Waals surface area contributed by atoms with Crippen LogP contribution in [0.1, 0.15) is 38.5 Å². The Balaban J connectivity index is 1.82. The van der Waals surface area contributed by atoms with Gasteiger partial charge in [0.2, 0.25) is 5.67 Å². The van der Waals surface area contributed by atoms with Gasteiger partial charge >= 0.3 is 0 Å². The van der Waals surface area contributed by atoms with E-state index in [0.717, 1.165) is 20.0 Å². The second kappa shape index (κ2) is 3.57. The smallest absolute Gasteiger partial charge is 0.250 e. The summed E-state index contributed by atoms with van der Waals surface area (Å²) in [6, 6.07) is 0. The van der Waals surface area contributed by atoms with Gasteiger partial charge in [-0.1, -0.05) is 25.7 Å². The zero-order valence-electron chi connectivity index (χ0n) is 11.7. The Hall–Kier alpha value is -0.810. The number of rotatable bonds is 1. The minimum Gasteiger partial charge on any atom is -0.495 e. The lowest BCUT2D eigenvalue weighted by atomic mass is 9.26. The van der Waals surface area contributed by atoms with E-state index < -0.39 is 46.1 Å². The average Bonchev–Trinajstić information content (AvgIpc) is 2.44. The van der Waals surface area contributed by atoms with E-state index in [1.54, 1.807) is 0 Å². The summed E-state index contributed by atoms with van der Waals surface area (Å²) in [5, 5.41) is 0. The van der Waals surface area contributed by atoms with E-state index in [1.165, 1.54) is 0 Å². The van der Waals surface area contributed by atoms with Gasteiger partial charge in [-0.05, 0) is 12.8 Å². The van der Waals surface area contributed by atoms with Gasteiger partial charge < -0.3 is 4.74 Å². The Kier molecular flexibility index (Phi) is 2.35. The summed E-state index contributed by atoms with van der Waals surface area (Å²) in [5.41, 5.74) is -12.9. The number of allylic oxidation sites excluding steroid dienone is 2. The predicted octanol–water partition coefficient (Wildman–Crippen LogP) is 4.27. The average molecular weight is 308 g/mol. The Morgan fingerprint density at radius 2 is 1.33 bits per heavy atom. The first kappa shape index (κ1) is 13.8. The van der Waals surface area contributed by atoms with Crippen molar-refractivity contribution in [2.24, 2.45) is 11.8 Å². The van der Waals surface area contributed by atoms with Crippen LogP contribution in [0.5, 0.6) is 0 Å². The summed E-state index contributed by atoms with van der Waals surface area (Å²) in [6.07, 6.45) is 3.63. The molecule has 118 valence electrons. The standard InChI is InChI=1S/C15H17F5O/c1-21-11-10(16)14(19)12(17)8-6-4-2-3-5-7-9(8)13(12,18)15(11,14)20/h8-9H,2-7H2,1H3/t8-,9+,12+,13-,14-,15+/m1/s1. The topological polar surface area (TPSA) is 9.23 Å². The SMILES string of the molecule is COC1=C(F)[C@]2(F)[C@@]1(F)[C@@]1(F)[C@H]3CCCCCC[C@H]3[C@@]21F. The number of methoxy groups -OCH3 is 1. The lowest BCUT2D eigenvalue weighted by Gasteiger charge is -2.81. The number of halogens is 5. The summed E-state index contributed by atoms with van der Waals surface area (Å²) in [7, 11) is 0.950. The highest BCUT2D eigenvalue weighted by Gasteiger charge is 3.09. The molecule has 0 bridgehead atoms. The molecule has 1 nitrogen and oxygen atoms in total. The molecule has 0 saturated heterocycles. The van der Waals surface area contributed by atoms with E-state index in [4.69, 9.17) is 0 Å². The van der Waals surface area contributed by atoms with Gasteiger partial charge in [-0.25, -0.2) is 22.0 Å². The van der Waals surface area contributed by atoms with E-state index in [0.29, 0.717) is 19.3 Å². The third-order valence-electron chi connectivity index (χ3n) is 6.31. The van der Waals surface area contributed by atoms with Gasteiger partial charge in [0, 0.05) is 11.8 Å². The van der Waals surface area contributed by atoms with Gasteiger partial charge in [-0.2, -0.15) is 0 Å². The van der Waals surface area contributed by atoms with Crippen molar-refractivity contribution in [2.75, 3.05) is 7.11 Å². The van der Waals surface area contributed by atoms with Crippen LogP contribution in [0.4, 0.5) is 22.0 Å². The first-order valence-electron chi connectivity index (χ1n) is 7.53. The van der Waals surface area contributed by atoms with Crippen molar-refractivity contribution in [3.05, 3.63) is 11.6 Å². The zero-order chi connectivity index (χ0) is 15.3. The molecule has 0 N–H and O–H groups in total. The van der Waals surface area contributed by atoms with Gasteiger partial charge in [0.25, 0.3) is 5.67 Å². The molecule has 4 rings (SSSR count). The van der Waals surface area contributed by atoms with Crippen LogP contribution in [0.15, 0.2) is 11.6 Å². The second-order valence-electron chi connectivity index (χ2n) is 6.79. The van der Waals surface area contributed by atoms with Crippen LogP contribution in [-0.2, 0) is 4.74 Å². The molecule has 3 saturated carbocycles. The summed E-state index contributed by atoms with van der Waals surface area (Å²) in [6.45, 7) is 0. The van der Waals surface area contributed by atoms with Crippen LogP contribution < -0.4 is 0 Å². The monoisotopic (exact) mass is 308 g/mol. The molecule has 0 amide bonds. The van der Waals surface area contributed by atoms with Crippen molar-refractivity contribution in [3.8, 4) is 0 Å². The van der Waals surface area contributed by atoms with Crippen molar-refractivity contribution in [1.82, 2.24) is 0 Å². The highest BCUT2D eigenvalue weighted by atomic mass is 19.2. The third-order valence-corrected chi connectivity index (χ3v) is 6.31. The maximum atomic E-state index is 15.2. The van der Waals surface area contributed by atoms with Gasteiger partial charge in [-0.15, -0.1) is 0 Å². The molecule has 6 heteroatoms. The van der Waals surface area contributed by atoms with Gasteiger partial charge in [0.15, 0.2) is 22.9 Å². The highest BCUT2D eigenvalue weighted by molar-refractivity contribution is 5.66. The fourth-order valence-corrected chi connectivity index (χ4v) is 5.44. The van der Waals surface area contributed by atoms with Crippen molar-refractivity contribution in [3.63, 3.8) is 0 Å². The molecule has 4 aliphatic rings. The van der Waals surface area contributed by atoms with Crippen LogP contribution in [0.3, 0.4) is 0 Å². The van der Waals surface area contributed by atoms with E-state index in [-0.39, 0.29) is 6.42 Å². The maximum Gasteiger partial charge on any atom is 0.250 e. The summed E-state index contributed by atoms with van der Waals surface area (Å²) >= 11 is 0. The lowest BCUT2D eigenvalue weighted by molar-refractivity contribution is -0.450. The first-order chi connectivity index (χ1) is 9.83. The summed E-state index contributed by atoms with van der Waals surface area (Å²) < 4.78 is 78.2. The van der Waals surface area contributed by atoms with E-state index in [2.05, 4.69) is 4.74 Å². The van der Waals surface area contributed by atoms with Gasteiger partial charge in [0.05, 0.1) is 7.11 Å². The molecule has 0 aromatic heterocycles. The van der Waals surface area contributed by atoms with Crippen molar-refractivity contribution < 1.29 is 26.7 Å². The largest absolute Gasteiger partial charge is 0.495 e. The normalized spacial score (nSPS) is 58.4. The zero-order valence-corrected chi connectivity index (χ0v) is 11.7. The molecule has 0 spiro atoms. The Bertz CT molecular complexity index is 550. The summed E-state index contributed by atoms with van der Waals surface area (Å²) in [4.78, 5) is 0. The van der Waals surface area contributed by atoms with Crippen LogP contribution in [-0.4, -0.2) is 29.8 Å². The molecule has 6 atom stereocenters. The van der Waals surface area contributed by atoms with Crippen LogP contribution in [0, 0.1) is 11.8 Å². The molecule has 0 aromatic rings.